The Kier molecular flexibility index (Phi) is 6.70. The van der Waals surface area contributed by atoms with Gasteiger partial charge in [0.05, 0.1) is 31.8 Å². The molecule has 0 saturated heterocycles. The molecular weight excluding hydrogens is 657 g/mol. The largest absolute Gasteiger partial charge is 0.263 e. The minimum atomic E-state index is 0.0577. The zero-order valence-corrected chi connectivity index (χ0v) is 27.8. The van der Waals surface area contributed by atoms with Crippen LogP contribution in [0, 0.1) is 40.6 Å². The first kappa shape index (κ1) is 27.7. The molecule has 0 atom stereocenters. The smallest absolute Gasteiger partial charge is 0.227 e. The SMILES string of the molecule is [C-]#[N+]/C(C#N)=C\c1ccc(-c2cc3sc4c(c3s2)C2(CCCCC2)c2c-4sc3cc(-c4ccc(C=C(C#N)C#N)s4)sc23)s1. The van der Waals surface area contributed by atoms with Crippen LogP contribution >= 0.6 is 68.0 Å². The molecule has 1 spiro atoms. The highest BCUT2D eigenvalue weighted by molar-refractivity contribution is 7.36. The first-order valence-corrected chi connectivity index (χ1v) is 18.8. The molecule has 1 saturated carbocycles. The molecule has 210 valence electrons. The third-order valence-corrected chi connectivity index (χ3v) is 15.8. The summed E-state index contributed by atoms with van der Waals surface area (Å²) >= 11 is 11.0. The molecule has 10 heteroatoms. The summed E-state index contributed by atoms with van der Waals surface area (Å²) in [5.41, 5.74) is 3.42. The van der Waals surface area contributed by atoms with Gasteiger partial charge in [-0.2, -0.15) is 10.5 Å². The molecule has 0 unspecified atom stereocenters. The van der Waals surface area contributed by atoms with Crippen LogP contribution < -0.4 is 0 Å². The van der Waals surface area contributed by atoms with Crippen molar-refractivity contribution in [3.63, 3.8) is 0 Å². The van der Waals surface area contributed by atoms with E-state index in [9.17, 15) is 5.26 Å². The van der Waals surface area contributed by atoms with Gasteiger partial charge >= 0.3 is 0 Å². The van der Waals surface area contributed by atoms with E-state index in [0.29, 0.717) is 0 Å². The number of thiophene rings is 6. The van der Waals surface area contributed by atoms with Gasteiger partial charge in [-0.15, -0.1) is 68.0 Å². The molecule has 1 fully saturated rings. The molecule has 0 radical (unpaired) electrons. The van der Waals surface area contributed by atoms with Crippen LogP contribution in [0.1, 0.15) is 53.0 Å². The lowest BCUT2D eigenvalue weighted by atomic mass is 9.68. The van der Waals surface area contributed by atoms with Gasteiger partial charge < -0.3 is 0 Å². The Morgan fingerprint density at radius 2 is 1.23 bits per heavy atom. The van der Waals surface area contributed by atoms with Gasteiger partial charge in [-0.25, -0.2) is 10.1 Å². The van der Waals surface area contributed by atoms with Crippen LogP contribution in [0.5, 0.6) is 0 Å². The number of nitriles is 3. The Morgan fingerprint density at radius 3 is 1.73 bits per heavy atom. The van der Waals surface area contributed by atoms with E-state index in [-0.39, 0.29) is 16.7 Å². The molecule has 4 nitrogen and oxygen atoms in total. The van der Waals surface area contributed by atoms with Gasteiger partial charge in [0.25, 0.3) is 5.70 Å². The summed E-state index contributed by atoms with van der Waals surface area (Å²) in [5.74, 6) is 0. The molecule has 0 aromatic carbocycles. The molecule has 0 bridgehead atoms. The number of rotatable bonds is 4. The summed E-state index contributed by atoms with van der Waals surface area (Å²) in [7, 11) is 0. The summed E-state index contributed by atoms with van der Waals surface area (Å²) in [6, 6.07) is 18.8. The molecular formula is C34H18N4S6. The summed E-state index contributed by atoms with van der Waals surface area (Å²) < 4.78 is 5.58. The van der Waals surface area contributed by atoms with Crippen LogP contribution in [0.4, 0.5) is 0 Å². The van der Waals surface area contributed by atoms with Crippen molar-refractivity contribution in [2.24, 2.45) is 0 Å². The Balaban J connectivity index is 1.22. The highest BCUT2D eigenvalue weighted by Gasteiger charge is 2.49. The monoisotopic (exact) mass is 674 g/mol. The second-order valence-corrected chi connectivity index (χ2v) is 17.2. The fraction of sp³-hybridized carbons (Fsp3) is 0.176. The first-order valence-electron chi connectivity index (χ1n) is 13.9. The van der Waals surface area contributed by atoms with Crippen LogP contribution in [-0.4, -0.2) is 0 Å². The number of allylic oxidation sites excluding steroid dienone is 2. The summed E-state index contributed by atoms with van der Waals surface area (Å²) in [4.78, 5) is 13.0. The quantitative estimate of drug-likeness (QED) is 0.138. The maximum atomic E-state index is 9.17. The van der Waals surface area contributed by atoms with E-state index < -0.39 is 0 Å². The molecule has 6 heterocycles. The molecule has 0 amide bonds. The Morgan fingerprint density at radius 1 is 0.682 bits per heavy atom. The predicted molar refractivity (Wildman–Crippen MR) is 188 cm³/mol. The van der Waals surface area contributed by atoms with Gasteiger partial charge in [-0.1, -0.05) is 19.3 Å². The van der Waals surface area contributed by atoms with Crippen LogP contribution in [0.15, 0.2) is 47.7 Å². The third-order valence-electron chi connectivity index (χ3n) is 8.38. The zero-order valence-electron chi connectivity index (χ0n) is 22.9. The maximum absolute atomic E-state index is 9.17. The molecule has 0 N–H and O–H groups in total. The second-order valence-electron chi connectivity index (χ2n) is 10.8. The lowest BCUT2D eigenvalue weighted by Gasteiger charge is -2.35. The minimum Gasteiger partial charge on any atom is -0.227 e. The number of hydrogen-bond acceptors (Lipinski definition) is 9. The summed E-state index contributed by atoms with van der Waals surface area (Å²) in [5, 5.41) is 27.5. The fourth-order valence-corrected chi connectivity index (χ4v) is 14.4. The lowest BCUT2D eigenvalue weighted by molar-refractivity contribution is 0.358. The van der Waals surface area contributed by atoms with Crippen LogP contribution in [0.2, 0.25) is 0 Å². The van der Waals surface area contributed by atoms with E-state index in [1.165, 1.54) is 80.2 Å². The minimum absolute atomic E-state index is 0.0577. The van der Waals surface area contributed by atoms with Gasteiger partial charge in [0, 0.05) is 55.2 Å². The first-order chi connectivity index (χ1) is 21.5. The molecule has 6 aromatic rings. The van der Waals surface area contributed by atoms with Crippen molar-refractivity contribution in [2.75, 3.05) is 0 Å². The maximum Gasteiger partial charge on any atom is 0.263 e. The van der Waals surface area contributed by atoms with Crippen molar-refractivity contribution >= 4 is 99.0 Å². The van der Waals surface area contributed by atoms with Crippen LogP contribution in [-0.2, 0) is 5.41 Å². The van der Waals surface area contributed by atoms with Crippen LogP contribution in [0.25, 0.3) is 65.1 Å². The lowest BCUT2D eigenvalue weighted by Crippen LogP contribution is -2.27. The average molecular weight is 675 g/mol. The van der Waals surface area contributed by atoms with Gasteiger partial charge in [0.2, 0.25) is 0 Å². The number of fused-ring (bicyclic) bond motifs is 9. The van der Waals surface area contributed by atoms with E-state index >= 15 is 0 Å². The van der Waals surface area contributed by atoms with Gasteiger partial charge in [-0.3, -0.25) is 0 Å². The van der Waals surface area contributed by atoms with E-state index in [1.807, 2.05) is 75.7 Å². The highest BCUT2D eigenvalue weighted by Crippen LogP contribution is 2.66. The van der Waals surface area contributed by atoms with Gasteiger partial charge in [0.15, 0.2) is 0 Å². The van der Waals surface area contributed by atoms with E-state index in [2.05, 4.69) is 29.1 Å². The molecule has 2 aliphatic rings. The topological polar surface area (TPSA) is 75.7 Å². The van der Waals surface area contributed by atoms with Crippen molar-refractivity contribution in [1.29, 1.82) is 15.8 Å². The predicted octanol–water partition coefficient (Wildman–Crippen LogP) is 12.1. The van der Waals surface area contributed by atoms with E-state index in [4.69, 9.17) is 17.1 Å². The van der Waals surface area contributed by atoms with Crippen molar-refractivity contribution in [2.45, 2.75) is 37.5 Å². The summed E-state index contributed by atoms with van der Waals surface area (Å²) in [6.07, 6.45) is 9.49. The van der Waals surface area contributed by atoms with E-state index in [0.717, 1.165) is 9.75 Å². The van der Waals surface area contributed by atoms with E-state index in [1.54, 1.807) is 46.0 Å². The third kappa shape index (κ3) is 4.19. The van der Waals surface area contributed by atoms with Crippen molar-refractivity contribution < 1.29 is 0 Å². The van der Waals surface area contributed by atoms with Crippen molar-refractivity contribution in [3.8, 4) is 47.5 Å². The molecule has 44 heavy (non-hydrogen) atoms. The van der Waals surface area contributed by atoms with Crippen molar-refractivity contribution in [3.05, 3.63) is 80.0 Å². The fourth-order valence-electron chi connectivity index (χ4n) is 6.57. The van der Waals surface area contributed by atoms with Gasteiger partial charge in [-0.05, 0) is 61.4 Å². The van der Waals surface area contributed by atoms with Gasteiger partial charge in [0.1, 0.15) is 17.7 Å². The highest BCUT2D eigenvalue weighted by atomic mass is 32.1. The molecule has 2 aliphatic carbocycles. The number of hydrogen-bond donors (Lipinski definition) is 0. The summed E-state index contributed by atoms with van der Waals surface area (Å²) in [6.45, 7) is 7.19. The Labute approximate surface area is 277 Å². The number of nitrogens with zero attached hydrogens (tertiary/aromatic N) is 4. The zero-order chi connectivity index (χ0) is 30.0. The molecule has 0 aliphatic heterocycles. The normalized spacial score (nSPS) is 15.0. The molecule has 6 aromatic heterocycles. The Bertz CT molecular complexity index is 2180. The standard InChI is InChI=1S/C34H18N4S6/c1-38-19(17-37)12-21-6-8-23(40-21)25-14-27-31(42-25)29-33(44-27)32-28(34(29)9-3-2-4-10-34)30-26(43-32)13-24(41-30)22-7-5-20(39-22)11-18(15-35)16-36/h5-8,11-14H,2-4,9-10H2/b19-12-. The van der Waals surface area contributed by atoms with Crippen LogP contribution in [0.3, 0.4) is 0 Å². The Hall–Kier alpha value is -3.84. The second kappa shape index (κ2) is 10.7. The molecule has 8 rings (SSSR count). The average Bonchev–Trinajstić information content (AvgIpc) is 3.87. The van der Waals surface area contributed by atoms with Crippen molar-refractivity contribution in [1.82, 2.24) is 0 Å².